The summed E-state index contributed by atoms with van der Waals surface area (Å²) in [6, 6.07) is 3.97. The van der Waals surface area contributed by atoms with Crippen LogP contribution in [0.15, 0.2) is 18.2 Å². The number of carbonyl (C=O) groups excluding carboxylic acids is 1. The van der Waals surface area contributed by atoms with E-state index in [1.54, 1.807) is 13.8 Å². The minimum atomic E-state index is -2.96. The van der Waals surface area contributed by atoms with Crippen LogP contribution in [0.1, 0.15) is 24.2 Å². The van der Waals surface area contributed by atoms with Crippen molar-refractivity contribution in [1.82, 2.24) is 5.32 Å². The number of halogens is 3. The summed E-state index contributed by atoms with van der Waals surface area (Å²) >= 11 is 0. The Morgan fingerprint density at radius 3 is 2.48 bits per heavy atom. The summed E-state index contributed by atoms with van der Waals surface area (Å²) in [6.45, 7) is 0.856. The average Bonchev–Trinajstić information content (AvgIpc) is 2.38. The van der Waals surface area contributed by atoms with Gasteiger partial charge in [0.2, 0.25) is 0 Å². The molecule has 8 heteroatoms. The zero-order chi connectivity index (χ0) is 15.3. The number of benzene rings is 1. The number of alkyl halides is 2. The Hall–Kier alpha value is -1.60. The molecule has 0 heterocycles. The lowest BCUT2D eigenvalue weighted by molar-refractivity contribution is -0.0512. The minimum Gasteiger partial charge on any atom is -0.493 e. The van der Waals surface area contributed by atoms with Gasteiger partial charge in [-0.25, -0.2) is 0 Å². The van der Waals surface area contributed by atoms with Gasteiger partial charge in [-0.3, -0.25) is 4.79 Å². The van der Waals surface area contributed by atoms with E-state index in [9.17, 15) is 13.6 Å². The fourth-order valence-electron chi connectivity index (χ4n) is 1.43. The summed E-state index contributed by atoms with van der Waals surface area (Å²) in [5.74, 6) is -0.442. The van der Waals surface area contributed by atoms with Crippen LogP contribution >= 0.6 is 12.4 Å². The largest absolute Gasteiger partial charge is 0.493 e. The Kier molecular flexibility index (Phi) is 7.38. The van der Waals surface area contributed by atoms with Gasteiger partial charge in [0.1, 0.15) is 0 Å². The number of hydrogen-bond donors (Lipinski definition) is 2. The molecule has 0 aliphatic rings. The predicted octanol–water partition coefficient (Wildman–Crippen LogP) is 2.19. The van der Waals surface area contributed by atoms with E-state index in [1.807, 2.05) is 0 Å². The normalized spacial score (nSPS) is 10.8. The van der Waals surface area contributed by atoms with E-state index in [0.29, 0.717) is 0 Å². The van der Waals surface area contributed by atoms with Crippen molar-refractivity contribution in [2.45, 2.75) is 26.0 Å². The molecule has 1 aromatic carbocycles. The van der Waals surface area contributed by atoms with Crippen LogP contribution in [0.25, 0.3) is 0 Å². The van der Waals surface area contributed by atoms with Crippen LogP contribution in [-0.2, 0) is 0 Å². The quantitative estimate of drug-likeness (QED) is 0.841. The van der Waals surface area contributed by atoms with Crippen molar-refractivity contribution in [3.05, 3.63) is 23.8 Å². The summed E-state index contributed by atoms with van der Waals surface area (Å²) in [5, 5.41) is 2.73. The Balaban J connectivity index is 0.00000400. The van der Waals surface area contributed by atoms with E-state index < -0.39 is 12.2 Å². The highest BCUT2D eigenvalue weighted by atomic mass is 35.5. The van der Waals surface area contributed by atoms with Gasteiger partial charge in [0.25, 0.3) is 5.91 Å². The highest BCUT2D eigenvalue weighted by Gasteiger charge is 2.20. The standard InChI is InChI=1S/C13H18F2N2O3.ClH/c1-13(2,7-16)17-11(18)8-4-5-9(20-12(14)15)10(6-8)19-3;/h4-6,12H,7,16H2,1-3H3,(H,17,18);1H. The first-order valence-corrected chi connectivity index (χ1v) is 5.94. The van der Waals surface area contributed by atoms with Crippen molar-refractivity contribution in [3.8, 4) is 11.5 Å². The van der Waals surface area contributed by atoms with Crippen LogP contribution in [0.4, 0.5) is 8.78 Å². The van der Waals surface area contributed by atoms with Crippen LogP contribution in [0.3, 0.4) is 0 Å². The van der Waals surface area contributed by atoms with Gasteiger partial charge in [0.05, 0.1) is 7.11 Å². The third-order valence-corrected chi connectivity index (χ3v) is 2.60. The van der Waals surface area contributed by atoms with Crippen molar-refractivity contribution in [1.29, 1.82) is 0 Å². The fourth-order valence-corrected chi connectivity index (χ4v) is 1.43. The fraction of sp³-hybridized carbons (Fsp3) is 0.462. The third-order valence-electron chi connectivity index (χ3n) is 2.60. The molecule has 120 valence electrons. The summed E-state index contributed by atoms with van der Waals surface area (Å²) in [4.78, 5) is 12.0. The molecule has 0 radical (unpaired) electrons. The molecule has 1 rings (SSSR count). The lowest BCUT2D eigenvalue weighted by Gasteiger charge is -2.24. The summed E-state index contributed by atoms with van der Waals surface area (Å²) in [5.41, 5.74) is 5.23. The molecule has 0 fully saturated rings. The van der Waals surface area contributed by atoms with Gasteiger partial charge in [-0.1, -0.05) is 0 Å². The molecule has 1 amide bonds. The van der Waals surface area contributed by atoms with Crippen LogP contribution in [0.5, 0.6) is 11.5 Å². The first kappa shape index (κ1) is 19.4. The Labute approximate surface area is 128 Å². The first-order chi connectivity index (χ1) is 9.29. The summed E-state index contributed by atoms with van der Waals surface area (Å²) in [6.07, 6.45) is 0. The maximum absolute atomic E-state index is 12.2. The van der Waals surface area contributed by atoms with E-state index in [1.165, 1.54) is 25.3 Å². The second kappa shape index (κ2) is 7.99. The number of ether oxygens (including phenoxy) is 2. The molecular weight excluding hydrogens is 306 g/mol. The number of rotatable bonds is 6. The zero-order valence-corrected chi connectivity index (χ0v) is 12.8. The molecule has 0 aliphatic heterocycles. The average molecular weight is 325 g/mol. The third kappa shape index (κ3) is 5.73. The van der Waals surface area contributed by atoms with Gasteiger partial charge in [-0.15, -0.1) is 12.4 Å². The Bertz CT molecular complexity index is 484. The number of amides is 1. The Morgan fingerprint density at radius 1 is 1.38 bits per heavy atom. The summed E-state index contributed by atoms with van der Waals surface area (Å²) < 4.78 is 33.6. The molecule has 0 saturated heterocycles. The molecule has 0 bridgehead atoms. The van der Waals surface area contributed by atoms with Crippen molar-refractivity contribution < 1.29 is 23.0 Å². The molecule has 5 nitrogen and oxygen atoms in total. The van der Waals surface area contributed by atoms with Gasteiger partial charge in [0, 0.05) is 17.6 Å². The molecule has 0 unspecified atom stereocenters. The Morgan fingerprint density at radius 2 is 2.00 bits per heavy atom. The van der Waals surface area contributed by atoms with Crippen LogP contribution < -0.4 is 20.5 Å². The van der Waals surface area contributed by atoms with E-state index in [0.717, 1.165) is 0 Å². The van der Waals surface area contributed by atoms with Crippen LogP contribution in [0, 0.1) is 0 Å². The number of hydrogen-bond acceptors (Lipinski definition) is 4. The molecule has 0 aromatic heterocycles. The van der Waals surface area contributed by atoms with Gasteiger partial charge < -0.3 is 20.5 Å². The highest BCUT2D eigenvalue weighted by molar-refractivity contribution is 5.95. The van der Waals surface area contributed by atoms with E-state index in [-0.39, 0.29) is 41.9 Å². The minimum absolute atomic E-state index is 0. The van der Waals surface area contributed by atoms with E-state index in [4.69, 9.17) is 10.5 Å². The number of nitrogens with one attached hydrogen (secondary N) is 1. The van der Waals surface area contributed by atoms with Crippen molar-refractivity contribution in [2.75, 3.05) is 13.7 Å². The number of methoxy groups -OCH3 is 1. The maximum atomic E-state index is 12.2. The number of nitrogens with two attached hydrogens (primary N) is 1. The molecule has 3 N–H and O–H groups in total. The molecule has 0 aliphatic carbocycles. The SMILES string of the molecule is COc1cc(C(=O)NC(C)(C)CN)ccc1OC(F)F.Cl. The van der Waals surface area contributed by atoms with E-state index >= 15 is 0 Å². The molecule has 0 atom stereocenters. The van der Waals surface area contributed by atoms with Crippen molar-refractivity contribution in [2.24, 2.45) is 5.73 Å². The van der Waals surface area contributed by atoms with Gasteiger partial charge in [-0.2, -0.15) is 8.78 Å². The molecule has 0 spiro atoms. The smallest absolute Gasteiger partial charge is 0.387 e. The molecule has 0 saturated carbocycles. The number of carbonyl (C=O) groups is 1. The monoisotopic (exact) mass is 324 g/mol. The van der Waals surface area contributed by atoms with Gasteiger partial charge >= 0.3 is 6.61 Å². The van der Waals surface area contributed by atoms with Crippen molar-refractivity contribution >= 4 is 18.3 Å². The van der Waals surface area contributed by atoms with Crippen LogP contribution in [-0.4, -0.2) is 31.7 Å². The lowest BCUT2D eigenvalue weighted by atomic mass is 10.1. The predicted molar refractivity (Wildman–Crippen MR) is 77.5 cm³/mol. The summed E-state index contributed by atoms with van der Waals surface area (Å²) in [7, 11) is 1.30. The topological polar surface area (TPSA) is 73.6 Å². The van der Waals surface area contributed by atoms with E-state index in [2.05, 4.69) is 10.1 Å². The molecule has 1 aromatic rings. The maximum Gasteiger partial charge on any atom is 0.387 e. The molecule has 21 heavy (non-hydrogen) atoms. The van der Waals surface area contributed by atoms with Gasteiger partial charge in [-0.05, 0) is 32.0 Å². The van der Waals surface area contributed by atoms with Crippen LogP contribution in [0.2, 0.25) is 0 Å². The zero-order valence-electron chi connectivity index (χ0n) is 12.0. The van der Waals surface area contributed by atoms with Gasteiger partial charge in [0.15, 0.2) is 11.5 Å². The van der Waals surface area contributed by atoms with Crippen molar-refractivity contribution in [3.63, 3.8) is 0 Å². The second-order valence-electron chi connectivity index (χ2n) is 4.79. The molecular formula is C13H19ClF2N2O3. The lowest BCUT2D eigenvalue weighted by Crippen LogP contribution is -2.48. The first-order valence-electron chi connectivity index (χ1n) is 5.94. The second-order valence-corrected chi connectivity index (χ2v) is 4.79. The highest BCUT2D eigenvalue weighted by Crippen LogP contribution is 2.29.